The fourth-order valence-corrected chi connectivity index (χ4v) is 12.4. The first-order valence-electron chi connectivity index (χ1n) is 35.3. The first kappa shape index (κ1) is 79.0. The van der Waals surface area contributed by atoms with E-state index in [0.717, 1.165) is 51.4 Å². The highest BCUT2D eigenvalue weighted by Crippen LogP contribution is 2.33. The summed E-state index contributed by atoms with van der Waals surface area (Å²) in [6.45, 7) is 1.72. The van der Waals surface area contributed by atoms with Gasteiger partial charge in [-0.25, -0.2) is 0 Å². The molecule has 0 aromatic heterocycles. The number of unbranched alkanes of at least 4 members (excludes halogenated alkanes) is 39. The minimum absolute atomic E-state index is 0.244. The van der Waals surface area contributed by atoms with Crippen LogP contribution in [0, 0.1) is 0 Å². The lowest BCUT2D eigenvalue weighted by Gasteiger charge is -2.48. The van der Waals surface area contributed by atoms with Crippen LogP contribution < -0.4 is 5.32 Å². The summed E-state index contributed by atoms with van der Waals surface area (Å²) in [6, 6.07) is -0.878. The third-order valence-corrected chi connectivity index (χ3v) is 18.2. The van der Waals surface area contributed by atoms with Crippen LogP contribution in [0.15, 0.2) is 0 Å². The number of ether oxygens (including phenoxy) is 6. The summed E-state index contributed by atoms with van der Waals surface area (Å²) < 4.78 is 34.2. The van der Waals surface area contributed by atoms with Crippen LogP contribution in [0.3, 0.4) is 0 Å². The van der Waals surface area contributed by atoms with Crippen LogP contribution in [0.4, 0.5) is 0 Å². The van der Waals surface area contributed by atoms with Gasteiger partial charge < -0.3 is 89.9 Å². The molecule has 0 aliphatic carbocycles. The number of hydrogen-bond donors (Lipinski definition) is 12. The van der Waals surface area contributed by atoms with Gasteiger partial charge in [-0.3, -0.25) is 4.79 Å². The van der Waals surface area contributed by atoms with Crippen molar-refractivity contribution < 1.29 is 89.4 Å². The molecule has 3 aliphatic heterocycles. The molecule has 17 unspecified atom stereocenters. The Morgan fingerprint density at radius 2 is 0.663 bits per heavy atom. The molecule has 19 heteroatoms. The molecule has 0 saturated carbocycles. The van der Waals surface area contributed by atoms with Gasteiger partial charge >= 0.3 is 0 Å². The van der Waals surface area contributed by atoms with Crippen molar-refractivity contribution in [3.8, 4) is 0 Å². The van der Waals surface area contributed by atoms with E-state index in [2.05, 4.69) is 19.2 Å². The second kappa shape index (κ2) is 50.4. The van der Waals surface area contributed by atoms with Crippen LogP contribution >= 0.6 is 0 Å². The fourth-order valence-electron chi connectivity index (χ4n) is 12.4. The maximum Gasteiger partial charge on any atom is 0.220 e. The smallest absolute Gasteiger partial charge is 0.220 e. The Morgan fingerprint density at radius 1 is 0.372 bits per heavy atom. The summed E-state index contributed by atoms with van der Waals surface area (Å²) in [7, 11) is 0. The maximum atomic E-state index is 13.3. The molecule has 19 nitrogen and oxygen atoms in total. The number of carbonyl (C=O) groups excluding carboxylic acids is 1. The number of carbonyl (C=O) groups is 1. The third-order valence-electron chi connectivity index (χ3n) is 18.2. The zero-order chi connectivity index (χ0) is 62.6. The molecular formula is C67H129NO18. The molecule has 3 rings (SSSR count). The molecule has 0 bridgehead atoms. The average Bonchev–Trinajstić information content (AvgIpc) is 2.42. The molecule has 0 radical (unpaired) electrons. The molecule has 510 valence electrons. The minimum Gasteiger partial charge on any atom is -0.394 e. The van der Waals surface area contributed by atoms with Crippen molar-refractivity contribution in [2.75, 3.05) is 26.4 Å². The van der Waals surface area contributed by atoms with Crippen LogP contribution in [-0.4, -0.2) is 193 Å². The predicted molar refractivity (Wildman–Crippen MR) is 333 cm³/mol. The Kier molecular flexibility index (Phi) is 46.3. The quantitative estimate of drug-likeness (QED) is 0.0253. The fraction of sp³-hybridized carbons (Fsp3) is 0.985. The van der Waals surface area contributed by atoms with Gasteiger partial charge in [0.05, 0.1) is 38.6 Å². The van der Waals surface area contributed by atoms with E-state index < -0.39 is 124 Å². The molecule has 3 saturated heterocycles. The van der Waals surface area contributed by atoms with Crippen LogP contribution in [-0.2, 0) is 33.2 Å². The number of nitrogens with one attached hydrogen (secondary N) is 1. The highest BCUT2D eigenvalue weighted by Gasteiger charge is 2.53. The summed E-state index contributed by atoms with van der Waals surface area (Å²) in [5.41, 5.74) is 0. The van der Waals surface area contributed by atoms with Crippen molar-refractivity contribution in [1.82, 2.24) is 5.32 Å². The molecule has 12 N–H and O–H groups in total. The van der Waals surface area contributed by atoms with Crippen molar-refractivity contribution in [2.24, 2.45) is 0 Å². The van der Waals surface area contributed by atoms with Crippen molar-refractivity contribution in [3.05, 3.63) is 0 Å². The summed E-state index contributed by atoms with van der Waals surface area (Å²) in [6.07, 6.45) is 27.5. The molecular weight excluding hydrogens is 1110 g/mol. The summed E-state index contributed by atoms with van der Waals surface area (Å²) >= 11 is 0. The van der Waals surface area contributed by atoms with Crippen molar-refractivity contribution in [3.63, 3.8) is 0 Å². The Balaban J connectivity index is 1.23. The van der Waals surface area contributed by atoms with E-state index in [0.29, 0.717) is 12.8 Å². The van der Waals surface area contributed by atoms with Crippen LogP contribution in [0.5, 0.6) is 0 Å². The van der Waals surface area contributed by atoms with E-state index in [4.69, 9.17) is 28.4 Å². The predicted octanol–water partition coefficient (Wildman–Crippen LogP) is 9.11. The second-order valence-corrected chi connectivity index (χ2v) is 25.7. The van der Waals surface area contributed by atoms with Crippen LogP contribution in [0.2, 0.25) is 0 Å². The zero-order valence-corrected chi connectivity index (χ0v) is 53.8. The normalized spacial score (nSPS) is 28.7. The molecule has 1 amide bonds. The summed E-state index contributed by atoms with van der Waals surface area (Å²) in [5, 5.41) is 120. The van der Waals surface area contributed by atoms with Crippen LogP contribution in [0.1, 0.15) is 290 Å². The van der Waals surface area contributed by atoms with Gasteiger partial charge in [0.25, 0.3) is 0 Å². The highest BCUT2D eigenvalue weighted by molar-refractivity contribution is 5.76. The summed E-state index contributed by atoms with van der Waals surface area (Å²) in [4.78, 5) is 13.3. The molecule has 86 heavy (non-hydrogen) atoms. The largest absolute Gasteiger partial charge is 0.394 e. The third kappa shape index (κ3) is 32.4. The molecule has 17 atom stereocenters. The van der Waals surface area contributed by atoms with Gasteiger partial charge in [0.1, 0.15) is 73.2 Å². The zero-order valence-electron chi connectivity index (χ0n) is 53.8. The molecule has 3 aliphatic rings. The molecule has 0 aromatic carbocycles. The van der Waals surface area contributed by atoms with E-state index in [-0.39, 0.29) is 18.9 Å². The minimum atomic E-state index is -1.97. The van der Waals surface area contributed by atoms with E-state index in [1.807, 2.05) is 0 Å². The lowest BCUT2D eigenvalue weighted by molar-refractivity contribution is -0.379. The Hall–Kier alpha value is -1.21. The number of aliphatic hydroxyl groups is 11. The number of amides is 1. The standard InChI is InChI=1S/C67H129NO18/c1-3-5-7-9-10-11-12-13-14-15-16-17-18-19-20-21-22-23-24-25-26-27-28-29-30-31-32-33-34-35-36-37-38-39-41-43-45-55(73)68-50(51(72)44-42-40-8-6-4-2)49-81-65-61(79)58(76)63(53(47-70)83-65)86-67-62(80)59(77)64(54(48-71)84-67)85-66-60(78)57(75)56(74)52(46-69)82-66/h50-54,56-67,69-72,74-80H,3-49H2,1-2H3,(H,68,73). The SMILES string of the molecule is CCCCCCCCCCCCCCCCCCCCCCCCCCCCCCCCCCCCCCC(=O)NC(COC1OC(CO)C(OC2OC(CO)C(OC3OC(CO)C(O)C(O)C3O)C(O)C2O)C(O)C1O)C(O)CCCCCCC. The first-order chi connectivity index (χ1) is 41.8. The second-order valence-electron chi connectivity index (χ2n) is 25.7. The van der Waals surface area contributed by atoms with E-state index in [1.165, 1.54) is 205 Å². The number of hydrogen-bond acceptors (Lipinski definition) is 18. The Bertz CT molecular complexity index is 1570. The number of rotatable bonds is 55. The lowest BCUT2D eigenvalue weighted by Crippen LogP contribution is -2.66. The van der Waals surface area contributed by atoms with Gasteiger partial charge in [0.15, 0.2) is 18.9 Å². The van der Waals surface area contributed by atoms with Gasteiger partial charge in [-0.15, -0.1) is 0 Å². The monoisotopic (exact) mass is 1240 g/mol. The topological polar surface area (TPSA) is 307 Å². The lowest BCUT2D eigenvalue weighted by atomic mass is 9.96. The Labute approximate surface area is 519 Å². The number of aliphatic hydroxyl groups excluding tert-OH is 11. The van der Waals surface area contributed by atoms with E-state index >= 15 is 0 Å². The maximum absolute atomic E-state index is 13.3. The molecule has 3 heterocycles. The van der Waals surface area contributed by atoms with E-state index in [1.54, 1.807) is 0 Å². The van der Waals surface area contributed by atoms with E-state index in [9.17, 15) is 61.0 Å². The van der Waals surface area contributed by atoms with Crippen molar-refractivity contribution in [1.29, 1.82) is 0 Å². The molecule has 3 fully saturated rings. The van der Waals surface area contributed by atoms with Gasteiger partial charge in [-0.1, -0.05) is 271 Å². The average molecular weight is 1240 g/mol. The van der Waals surface area contributed by atoms with Crippen molar-refractivity contribution in [2.45, 2.75) is 394 Å². The highest BCUT2D eigenvalue weighted by atomic mass is 16.8. The molecule has 0 spiro atoms. The van der Waals surface area contributed by atoms with Crippen molar-refractivity contribution >= 4 is 5.91 Å². The Morgan fingerprint density at radius 3 is 1.01 bits per heavy atom. The summed E-state index contributed by atoms with van der Waals surface area (Å²) in [5.74, 6) is -0.244. The van der Waals surface area contributed by atoms with Crippen LogP contribution in [0.25, 0.3) is 0 Å². The van der Waals surface area contributed by atoms with Gasteiger partial charge in [-0.2, -0.15) is 0 Å². The molecule has 0 aromatic rings. The first-order valence-corrected chi connectivity index (χ1v) is 35.3. The van der Waals surface area contributed by atoms with Gasteiger partial charge in [-0.05, 0) is 12.8 Å². The van der Waals surface area contributed by atoms with Gasteiger partial charge in [0.2, 0.25) is 5.91 Å². The van der Waals surface area contributed by atoms with Gasteiger partial charge in [0, 0.05) is 6.42 Å².